The van der Waals surface area contributed by atoms with E-state index in [2.05, 4.69) is 44.5 Å². The van der Waals surface area contributed by atoms with E-state index >= 15 is 0 Å². The van der Waals surface area contributed by atoms with Crippen LogP contribution in [0.4, 0.5) is 0 Å². The molecule has 1 heterocycles. The van der Waals surface area contributed by atoms with Crippen LogP contribution in [0.2, 0.25) is 0 Å². The smallest absolute Gasteiger partial charge is 0.0302 e. The number of hydrogen-bond donors (Lipinski definition) is 1. The molecule has 0 amide bonds. The van der Waals surface area contributed by atoms with Gasteiger partial charge in [-0.05, 0) is 34.2 Å². The molecule has 0 aliphatic carbocycles. The summed E-state index contributed by atoms with van der Waals surface area (Å²) >= 11 is 0. The fraction of sp³-hybridized carbons (Fsp3) is 1.00. The van der Waals surface area contributed by atoms with Crippen LogP contribution in [0.1, 0.15) is 34.1 Å². The van der Waals surface area contributed by atoms with E-state index in [4.69, 9.17) is 5.73 Å². The molecule has 3 heteroatoms. The third kappa shape index (κ3) is 2.52. The van der Waals surface area contributed by atoms with Crippen molar-refractivity contribution >= 4 is 0 Å². The highest BCUT2D eigenvalue weighted by Crippen LogP contribution is 2.24. The third-order valence-corrected chi connectivity index (χ3v) is 4.32. The van der Waals surface area contributed by atoms with E-state index in [1.54, 1.807) is 0 Å². The third-order valence-electron chi connectivity index (χ3n) is 4.32. The number of rotatable bonds is 3. The van der Waals surface area contributed by atoms with Crippen LogP contribution in [-0.2, 0) is 0 Å². The van der Waals surface area contributed by atoms with Crippen molar-refractivity contribution in [2.45, 2.75) is 51.7 Å². The summed E-state index contributed by atoms with van der Waals surface area (Å²) in [7, 11) is 2.22. The Balaban J connectivity index is 2.72. The molecule has 0 aromatic heterocycles. The van der Waals surface area contributed by atoms with Crippen LogP contribution in [-0.4, -0.2) is 54.1 Å². The quantitative estimate of drug-likeness (QED) is 0.763. The average Bonchev–Trinajstić information content (AvgIpc) is 2.24. The maximum atomic E-state index is 5.92. The Hall–Kier alpha value is -0.120. The molecule has 0 saturated carbocycles. The number of likely N-dealkylation sites (N-methyl/N-ethyl adjacent to an activating group) is 1. The second-order valence-corrected chi connectivity index (χ2v) is 5.32. The molecule has 0 aromatic rings. The summed E-state index contributed by atoms with van der Waals surface area (Å²) in [5.74, 6) is 0. The molecule has 90 valence electrons. The standard InChI is InChI=1S/C12H27N3/c1-6-12(4,9-13)15-7-10(2)14(5)11(3)8-15/h10-11H,6-9,13H2,1-5H3. The predicted molar refractivity (Wildman–Crippen MR) is 66.0 cm³/mol. The Morgan fingerprint density at radius 2 is 1.73 bits per heavy atom. The first-order chi connectivity index (χ1) is 6.94. The lowest BCUT2D eigenvalue weighted by atomic mass is 9.93. The van der Waals surface area contributed by atoms with Crippen LogP contribution in [0.15, 0.2) is 0 Å². The van der Waals surface area contributed by atoms with E-state index in [1.807, 2.05) is 0 Å². The maximum absolute atomic E-state index is 5.92. The molecule has 3 nitrogen and oxygen atoms in total. The molecule has 1 rings (SSSR count). The second kappa shape index (κ2) is 4.81. The molecule has 2 N–H and O–H groups in total. The van der Waals surface area contributed by atoms with Crippen molar-refractivity contribution in [3.63, 3.8) is 0 Å². The van der Waals surface area contributed by atoms with Crippen molar-refractivity contribution in [2.75, 3.05) is 26.7 Å². The fourth-order valence-electron chi connectivity index (χ4n) is 2.34. The van der Waals surface area contributed by atoms with Gasteiger partial charge in [0.15, 0.2) is 0 Å². The van der Waals surface area contributed by atoms with E-state index in [9.17, 15) is 0 Å². The van der Waals surface area contributed by atoms with E-state index < -0.39 is 0 Å². The van der Waals surface area contributed by atoms with Gasteiger partial charge in [-0.1, -0.05) is 6.92 Å². The van der Waals surface area contributed by atoms with Gasteiger partial charge in [0.1, 0.15) is 0 Å². The van der Waals surface area contributed by atoms with Crippen LogP contribution in [0.25, 0.3) is 0 Å². The van der Waals surface area contributed by atoms with Gasteiger partial charge < -0.3 is 5.73 Å². The molecule has 1 fully saturated rings. The van der Waals surface area contributed by atoms with Crippen molar-refractivity contribution < 1.29 is 0 Å². The van der Waals surface area contributed by atoms with Gasteiger partial charge in [-0.15, -0.1) is 0 Å². The highest BCUT2D eigenvalue weighted by Gasteiger charge is 2.35. The van der Waals surface area contributed by atoms with Crippen molar-refractivity contribution in [1.29, 1.82) is 0 Å². The van der Waals surface area contributed by atoms with Gasteiger partial charge in [0.2, 0.25) is 0 Å². The minimum Gasteiger partial charge on any atom is -0.329 e. The summed E-state index contributed by atoms with van der Waals surface area (Å²) in [5.41, 5.74) is 6.10. The molecule has 15 heavy (non-hydrogen) atoms. The van der Waals surface area contributed by atoms with E-state index in [0.717, 1.165) is 26.1 Å². The second-order valence-electron chi connectivity index (χ2n) is 5.32. The zero-order valence-corrected chi connectivity index (χ0v) is 11.0. The van der Waals surface area contributed by atoms with Crippen molar-refractivity contribution in [3.8, 4) is 0 Å². The summed E-state index contributed by atoms with van der Waals surface area (Å²) in [5, 5.41) is 0. The van der Waals surface area contributed by atoms with Crippen molar-refractivity contribution in [3.05, 3.63) is 0 Å². The molecule has 1 aliphatic heterocycles. The number of nitrogens with two attached hydrogens (primary N) is 1. The van der Waals surface area contributed by atoms with Crippen LogP contribution < -0.4 is 5.73 Å². The number of hydrogen-bond acceptors (Lipinski definition) is 3. The molecular weight excluding hydrogens is 186 g/mol. The van der Waals surface area contributed by atoms with Crippen molar-refractivity contribution in [1.82, 2.24) is 9.80 Å². The van der Waals surface area contributed by atoms with Crippen LogP contribution in [0, 0.1) is 0 Å². The van der Waals surface area contributed by atoms with Gasteiger partial charge in [0.25, 0.3) is 0 Å². The molecule has 3 unspecified atom stereocenters. The average molecular weight is 213 g/mol. The normalized spacial score (nSPS) is 34.0. The predicted octanol–water partition coefficient (Wildman–Crippen LogP) is 1.14. The SMILES string of the molecule is CCC(C)(CN)N1CC(C)N(C)C(C)C1. The molecule has 0 radical (unpaired) electrons. The van der Waals surface area contributed by atoms with Gasteiger partial charge in [0.05, 0.1) is 0 Å². The van der Waals surface area contributed by atoms with Gasteiger partial charge in [0, 0.05) is 37.3 Å². The van der Waals surface area contributed by atoms with E-state index in [-0.39, 0.29) is 5.54 Å². The summed E-state index contributed by atoms with van der Waals surface area (Å²) in [6.45, 7) is 12.2. The molecule has 0 aromatic carbocycles. The highest BCUT2D eigenvalue weighted by atomic mass is 15.3. The van der Waals surface area contributed by atoms with Gasteiger partial charge in [-0.2, -0.15) is 0 Å². The minimum atomic E-state index is 0.184. The first-order valence-electron chi connectivity index (χ1n) is 6.11. The van der Waals surface area contributed by atoms with Gasteiger partial charge >= 0.3 is 0 Å². The molecule has 0 spiro atoms. The molecule has 1 saturated heterocycles. The van der Waals surface area contributed by atoms with E-state index in [1.165, 1.54) is 0 Å². The topological polar surface area (TPSA) is 32.5 Å². The maximum Gasteiger partial charge on any atom is 0.0302 e. The highest BCUT2D eigenvalue weighted by molar-refractivity contribution is 4.93. The Labute approximate surface area is 94.6 Å². The number of piperazine rings is 1. The fourth-order valence-corrected chi connectivity index (χ4v) is 2.34. The Bertz CT molecular complexity index is 189. The Kier molecular flexibility index (Phi) is 4.15. The lowest BCUT2D eigenvalue weighted by Gasteiger charge is -2.50. The zero-order chi connectivity index (χ0) is 11.6. The Morgan fingerprint density at radius 1 is 1.27 bits per heavy atom. The minimum absolute atomic E-state index is 0.184. The zero-order valence-electron chi connectivity index (χ0n) is 11.0. The first kappa shape index (κ1) is 12.9. The van der Waals surface area contributed by atoms with Crippen LogP contribution in [0.3, 0.4) is 0 Å². The number of nitrogens with zero attached hydrogens (tertiary/aromatic N) is 2. The lowest BCUT2D eigenvalue weighted by molar-refractivity contribution is -0.00381. The Morgan fingerprint density at radius 3 is 2.07 bits per heavy atom. The molecule has 1 aliphatic rings. The van der Waals surface area contributed by atoms with Crippen LogP contribution >= 0.6 is 0 Å². The van der Waals surface area contributed by atoms with E-state index in [0.29, 0.717) is 12.1 Å². The molecule has 3 atom stereocenters. The monoisotopic (exact) mass is 213 g/mol. The summed E-state index contributed by atoms with van der Waals surface area (Å²) < 4.78 is 0. The summed E-state index contributed by atoms with van der Waals surface area (Å²) in [4.78, 5) is 5.03. The molecule has 0 bridgehead atoms. The van der Waals surface area contributed by atoms with Gasteiger partial charge in [-0.3, -0.25) is 9.80 Å². The summed E-state index contributed by atoms with van der Waals surface area (Å²) in [6, 6.07) is 1.26. The van der Waals surface area contributed by atoms with Gasteiger partial charge in [-0.25, -0.2) is 0 Å². The first-order valence-corrected chi connectivity index (χ1v) is 6.11. The van der Waals surface area contributed by atoms with Crippen LogP contribution in [0.5, 0.6) is 0 Å². The lowest BCUT2D eigenvalue weighted by Crippen LogP contribution is -2.63. The van der Waals surface area contributed by atoms with Crippen molar-refractivity contribution in [2.24, 2.45) is 5.73 Å². The largest absolute Gasteiger partial charge is 0.329 e. The summed E-state index contributed by atoms with van der Waals surface area (Å²) in [6.07, 6.45) is 1.13. The molecular formula is C12H27N3.